The molecule has 1 heterocycles. The number of nitrogens with zero attached hydrogens (tertiary/aromatic N) is 1. The molecule has 112 valence electrons. The van der Waals surface area contributed by atoms with Crippen LogP contribution in [0, 0.1) is 5.92 Å². The molecule has 0 spiro atoms. The van der Waals surface area contributed by atoms with Crippen molar-refractivity contribution in [3.05, 3.63) is 0 Å². The summed E-state index contributed by atoms with van der Waals surface area (Å²) in [5.41, 5.74) is 0. The predicted molar refractivity (Wildman–Crippen MR) is 73.1 cm³/mol. The molecule has 1 saturated heterocycles. The summed E-state index contributed by atoms with van der Waals surface area (Å²) in [4.78, 5) is 12.0. The minimum atomic E-state index is -3.33. The average molecular weight is 292 g/mol. The van der Waals surface area contributed by atoms with Crippen molar-refractivity contribution in [1.29, 1.82) is 0 Å². The Morgan fingerprint density at radius 2 is 2.21 bits per heavy atom. The van der Waals surface area contributed by atoms with Crippen LogP contribution in [0.1, 0.15) is 33.1 Å². The number of aliphatic hydroxyl groups excluding tert-OH is 1. The summed E-state index contributed by atoms with van der Waals surface area (Å²) in [6.45, 7) is 4.43. The van der Waals surface area contributed by atoms with Crippen LogP contribution in [0.3, 0.4) is 0 Å². The second-order valence-corrected chi connectivity index (χ2v) is 7.16. The van der Waals surface area contributed by atoms with Crippen molar-refractivity contribution >= 4 is 15.9 Å². The number of carbonyl (C=O) groups excluding carboxylic acids is 1. The number of carbonyl (C=O) groups is 1. The lowest BCUT2D eigenvalue weighted by Crippen LogP contribution is -2.47. The molecule has 1 amide bonds. The van der Waals surface area contributed by atoms with Gasteiger partial charge in [-0.1, -0.05) is 13.8 Å². The molecule has 0 aliphatic carbocycles. The highest BCUT2D eigenvalue weighted by atomic mass is 32.2. The number of hydrogen-bond donors (Lipinski definition) is 2. The number of sulfonamides is 1. The van der Waals surface area contributed by atoms with Crippen molar-refractivity contribution in [1.82, 2.24) is 9.62 Å². The first kappa shape index (κ1) is 16.4. The lowest BCUT2D eigenvalue weighted by molar-refractivity contribution is -0.124. The smallest absolute Gasteiger partial charge is 0.238 e. The minimum absolute atomic E-state index is 0.00277. The third-order valence-electron chi connectivity index (χ3n) is 3.26. The topological polar surface area (TPSA) is 86.7 Å². The van der Waals surface area contributed by atoms with Gasteiger partial charge in [0, 0.05) is 19.7 Å². The fourth-order valence-corrected chi connectivity index (χ4v) is 3.91. The number of aliphatic hydroxyl groups is 1. The summed E-state index contributed by atoms with van der Waals surface area (Å²) in [6.07, 6.45) is 1.84. The molecule has 0 aromatic rings. The van der Waals surface area contributed by atoms with Gasteiger partial charge in [-0.2, -0.15) is 4.31 Å². The molecule has 2 unspecified atom stereocenters. The zero-order chi connectivity index (χ0) is 14.5. The average Bonchev–Trinajstić information content (AvgIpc) is 2.85. The second kappa shape index (κ2) is 7.21. The van der Waals surface area contributed by atoms with Crippen molar-refractivity contribution < 1.29 is 18.3 Å². The van der Waals surface area contributed by atoms with E-state index in [2.05, 4.69) is 5.32 Å². The fourth-order valence-electron chi connectivity index (χ4n) is 2.17. The van der Waals surface area contributed by atoms with Crippen molar-refractivity contribution in [3.8, 4) is 0 Å². The number of hydrogen-bond acceptors (Lipinski definition) is 4. The maximum absolute atomic E-state index is 12.0. The van der Waals surface area contributed by atoms with Crippen molar-refractivity contribution in [2.45, 2.75) is 39.2 Å². The van der Waals surface area contributed by atoms with E-state index in [1.807, 2.05) is 13.8 Å². The van der Waals surface area contributed by atoms with Gasteiger partial charge in [-0.3, -0.25) is 4.79 Å². The van der Waals surface area contributed by atoms with Crippen LogP contribution in [-0.4, -0.2) is 55.2 Å². The summed E-state index contributed by atoms with van der Waals surface area (Å²) in [5, 5.41) is 11.6. The van der Waals surface area contributed by atoms with E-state index in [1.54, 1.807) is 0 Å². The number of rotatable bonds is 7. The molecule has 1 aliphatic rings. The summed E-state index contributed by atoms with van der Waals surface area (Å²) < 4.78 is 25.4. The standard InChI is InChI=1S/C12H24N2O4S/c1-3-7-19(17,18)14-6-4-5-11(14)12(16)13-8-10(2)9-15/h10-11,15H,3-9H2,1-2H3,(H,13,16). The monoisotopic (exact) mass is 292 g/mol. The Balaban J connectivity index is 2.63. The largest absolute Gasteiger partial charge is 0.396 e. The minimum Gasteiger partial charge on any atom is -0.396 e. The molecule has 0 aromatic carbocycles. The Morgan fingerprint density at radius 3 is 2.79 bits per heavy atom. The summed E-state index contributed by atoms with van der Waals surface area (Å²) in [6, 6.07) is -0.581. The third kappa shape index (κ3) is 4.43. The van der Waals surface area contributed by atoms with Gasteiger partial charge in [0.1, 0.15) is 6.04 Å². The Kier molecular flexibility index (Phi) is 6.22. The molecule has 0 radical (unpaired) electrons. The highest BCUT2D eigenvalue weighted by Crippen LogP contribution is 2.22. The highest BCUT2D eigenvalue weighted by molar-refractivity contribution is 7.89. The zero-order valence-electron chi connectivity index (χ0n) is 11.6. The maximum Gasteiger partial charge on any atom is 0.238 e. The Labute approximate surface area is 115 Å². The van der Waals surface area contributed by atoms with Gasteiger partial charge in [0.2, 0.25) is 15.9 Å². The molecule has 1 aliphatic heterocycles. The molecular formula is C12H24N2O4S. The third-order valence-corrected chi connectivity index (χ3v) is 5.34. The first-order valence-corrected chi connectivity index (χ1v) is 8.41. The molecule has 2 N–H and O–H groups in total. The maximum atomic E-state index is 12.0. The second-order valence-electron chi connectivity index (χ2n) is 5.12. The van der Waals surface area contributed by atoms with Crippen LogP contribution in [0.5, 0.6) is 0 Å². The lowest BCUT2D eigenvalue weighted by atomic mass is 10.2. The molecule has 2 atom stereocenters. The molecule has 0 saturated carbocycles. The van der Waals surface area contributed by atoms with Crippen molar-refractivity contribution in [2.24, 2.45) is 5.92 Å². The van der Waals surface area contributed by atoms with E-state index in [4.69, 9.17) is 5.11 Å². The van der Waals surface area contributed by atoms with E-state index in [0.29, 0.717) is 25.9 Å². The number of nitrogens with one attached hydrogen (secondary N) is 1. The van der Waals surface area contributed by atoms with Gasteiger partial charge in [0.05, 0.1) is 5.75 Å². The van der Waals surface area contributed by atoms with E-state index in [9.17, 15) is 13.2 Å². The van der Waals surface area contributed by atoms with Crippen LogP contribution in [-0.2, 0) is 14.8 Å². The van der Waals surface area contributed by atoms with Crippen LogP contribution >= 0.6 is 0 Å². The van der Waals surface area contributed by atoms with E-state index < -0.39 is 16.1 Å². The van der Waals surface area contributed by atoms with E-state index >= 15 is 0 Å². The van der Waals surface area contributed by atoms with Gasteiger partial charge in [-0.15, -0.1) is 0 Å². The Morgan fingerprint density at radius 1 is 1.53 bits per heavy atom. The molecule has 1 rings (SSSR count). The molecule has 1 fully saturated rings. The fraction of sp³-hybridized carbons (Fsp3) is 0.917. The van der Waals surface area contributed by atoms with Crippen LogP contribution < -0.4 is 5.32 Å². The Bertz CT molecular complexity index is 397. The van der Waals surface area contributed by atoms with Crippen molar-refractivity contribution in [2.75, 3.05) is 25.4 Å². The van der Waals surface area contributed by atoms with E-state index in [0.717, 1.165) is 6.42 Å². The van der Waals surface area contributed by atoms with Crippen LogP contribution in [0.25, 0.3) is 0 Å². The van der Waals surface area contributed by atoms with Crippen LogP contribution in [0.2, 0.25) is 0 Å². The summed E-state index contributed by atoms with van der Waals surface area (Å²) >= 11 is 0. The first-order chi connectivity index (χ1) is 8.92. The molecule has 7 heteroatoms. The predicted octanol–water partition coefficient (Wildman–Crippen LogP) is -0.0648. The van der Waals surface area contributed by atoms with Gasteiger partial charge in [-0.05, 0) is 25.2 Å². The van der Waals surface area contributed by atoms with Gasteiger partial charge >= 0.3 is 0 Å². The quantitative estimate of drug-likeness (QED) is 0.688. The van der Waals surface area contributed by atoms with Crippen LogP contribution in [0.15, 0.2) is 0 Å². The Hall–Kier alpha value is -0.660. The molecule has 0 bridgehead atoms. The lowest BCUT2D eigenvalue weighted by Gasteiger charge is -2.23. The normalized spacial score (nSPS) is 22.4. The molecular weight excluding hydrogens is 268 g/mol. The molecule has 19 heavy (non-hydrogen) atoms. The first-order valence-electron chi connectivity index (χ1n) is 6.80. The zero-order valence-corrected chi connectivity index (χ0v) is 12.4. The van der Waals surface area contributed by atoms with E-state index in [1.165, 1.54) is 4.31 Å². The molecule has 6 nitrogen and oxygen atoms in total. The molecule has 0 aromatic heterocycles. The van der Waals surface area contributed by atoms with Crippen LogP contribution in [0.4, 0.5) is 0 Å². The summed E-state index contributed by atoms with van der Waals surface area (Å²) in [7, 11) is -3.33. The van der Waals surface area contributed by atoms with Crippen molar-refractivity contribution in [3.63, 3.8) is 0 Å². The van der Waals surface area contributed by atoms with Gasteiger partial charge in [-0.25, -0.2) is 8.42 Å². The van der Waals surface area contributed by atoms with Gasteiger partial charge in [0.25, 0.3) is 0 Å². The SMILES string of the molecule is CCCS(=O)(=O)N1CCCC1C(=O)NCC(C)CO. The summed E-state index contributed by atoms with van der Waals surface area (Å²) in [5.74, 6) is -0.187. The highest BCUT2D eigenvalue weighted by Gasteiger charge is 2.37. The van der Waals surface area contributed by atoms with Gasteiger partial charge in [0.15, 0.2) is 0 Å². The number of amides is 1. The van der Waals surface area contributed by atoms with Gasteiger partial charge < -0.3 is 10.4 Å². The van der Waals surface area contributed by atoms with E-state index in [-0.39, 0.29) is 24.2 Å².